The van der Waals surface area contributed by atoms with Crippen molar-refractivity contribution >= 4 is 11.8 Å². The van der Waals surface area contributed by atoms with Crippen LogP contribution < -0.4 is 5.32 Å². The standard InChI is InChI=1S/C19H34N2O3/c1-15(2)12-19(14-22)10-5-11-21(13-19)18(24)9-8-17(23)20-16-6-3-4-7-16/h15-16,22H,3-14H2,1-2H3,(H,20,23). The zero-order chi connectivity index (χ0) is 17.6. The van der Waals surface area contributed by atoms with Crippen LogP contribution in [0.2, 0.25) is 0 Å². The van der Waals surface area contributed by atoms with Gasteiger partial charge in [0.1, 0.15) is 0 Å². The van der Waals surface area contributed by atoms with E-state index >= 15 is 0 Å². The molecule has 1 atom stereocenters. The molecule has 24 heavy (non-hydrogen) atoms. The number of aliphatic hydroxyl groups excluding tert-OH is 1. The van der Waals surface area contributed by atoms with Crippen LogP contribution in [0, 0.1) is 11.3 Å². The molecule has 2 amide bonds. The number of hydrogen-bond donors (Lipinski definition) is 2. The molecule has 1 saturated heterocycles. The number of nitrogens with one attached hydrogen (secondary N) is 1. The van der Waals surface area contributed by atoms with Gasteiger partial charge in [-0.1, -0.05) is 26.7 Å². The third-order valence-corrected chi connectivity index (χ3v) is 5.48. The van der Waals surface area contributed by atoms with E-state index in [4.69, 9.17) is 0 Å². The summed E-state index contributed by atoms with van der Waals surface area (Å²) in [7, 11) is 0. The van der Waals surface area contributed by atoms with Gasteiger partial charge < -0.3 is 15.3 Å². The summed E-state index contributed by atoms with van der Waals surface area (Å²) in [6, 6.07) is 0.315. The molecule has 2 N–H and O–H groups in total. The van der Waals surface area contributed by atoms with E-state index in [0.29, 0.717) is 18.5 Å². The average molecular weight is 338 g/mol. The van der Waals surface area contributed by atoms with E-state index in [9.17, 15) is 14.7 Å². The fraction of sp³-hybridized carbons (Fsp3) is 0.895. The molecule has 2 fully saturated rings. The molecule has 0 aromatic carbocycles. The van der Waals surface area contributed by atoms with Crippen LogP contribution in [0.1, 0.15) is 71.6 Å². The monoisotopic (exact) mass is 338 g/mol. The number of carbonyl (C=O) groups excluding carboxylic acids is 2. The summed E-state index contributed by atoms with van der Waals surface area (Å²) in [5.74, 6) is 0.560. The number of hydrogen-bond acceptors (Lipinski definition) is 3. The van der Waals surface area contributed by atoms with Crippen LogP contribution in [-0.4, -0.2) is 47.6 Å². The number of likely N-dealkylation sites (tertiary alicyclic amines) is 1. The highest BCUT2D eigenvalue weighted by atomic mass is 16.3. The first-order valence-corrected chi connectivity index (χ1v) is 9.62. The third kappa shape index (κ3) is 5.47. The van der Waals surface area contributed by atoms with E-state index in [1.54, 1.807) is 0 Å². The predicted molar refractivity (Wildman–Crippen MR) is 94.4 cm³/mol. The number of nitrogens with zero attached hydrogens (tertiary/aromatic N) is 1. The first-order valence-electron chi connectivity index (χ1n) is 9.62. The molecule has 1 aliphatic heterocycles. The predicted octanol–water partition coefficient (Wildman–Crippen LogP) is 2.47. The molecule has 1 unspecified atom stereocenters. The lowest BCUT2D eigenvalue weighted by Crippen LogP contribution is -2.48. The smallest absolute Gasteiger partial charge is 0.223 e. The van der Waals surface area contributed by atoms with Gasteiger partial charge in [0.2, 0.25) is 11.8 Å². The van der Waals surface area contributed by atoms with Gasteiger partial charge in [-0.15, -0.1) is 0 Å². The van der Waals surface area contributed by atoms with Crippen molar-refractivity contribution in [1.82, 2.24) is 10.2 Å². The van der Waals surface area contributed by atoms with Gasteiger partial charge >= 0.3 is 0 Å². The van der Waals surface area contributed by atoms with E-state index in [2.05, 4.69) is 19.2 Å². The Kier molecular flexibility index (Phi) is 7.08. The summed E-state index contributed by atoms with van der Waals surface area (Å²) in [5.41, 5.74) is -0.159. The Labute approximate surface area is 146 Å². The summed E-state index contributed by atoms with van der Waals surface area (Å²) in [5, 5.41) is 12.9. The molecule has 0 aromatic rings. The fourth-order valence-electron chi connectivity index (χ4n) is 4.40. The molecule has 1 saturated carbocycles. The lowest BCUT2D eigenvalue weighted by atomic mass is 9.74. The Morgan fingerprint density at radius 1 is 1.21 bits per heavy atom. The Hall–Kier alpha value is -1.10. The van der Waals surface area contributed by atoms with Crippen LogP contribution in [-0.2, 0) is 9.59 Å². The SMILES string of the molecule is CC(C)CC1(CO)CCCN(C(=O)CCC(=O)NC2CCCC2)C1. The highest BCUT2D eigenvalue weighted by Crippen LogP contribution is 2.36. The van der Waals surface area contributed by atoms with Gasteiger partial charge in [0.25, 0.3) is 0 Å². The van der Waals surface area contributed by atoms with Crippen LogP contribution in [0.25, 0.3) is 0 Å². The van der Waals surface area contributed by atoms with Gasteiger partial charge in [-0.3, -0.25) is 9.59 Å². The van der Waals surface area contributed by atoms with Crippen LogP contribution in [0.4, 0.5) is 0 Å². The molecule has 1 aliphatic carbocycles. The molecule has 2 rings (SSSR count). The maximum Gasteiger partial charge on any atom is 0.223 e. The van der Waals surface area contributed by atoms with E-state index in [1.807, 2.05) is 4.90 Å². The van der Waals surface area contributed by atoms with Crippen LogP contribution in [0.15, 0.2) is 0 Å². The summed E-state index contributed by atoms with van der Waals surface area (Å²) in [6.07, 6.45) is 7.94. The minimum Gasteiger partial charge on any atom is -0.396 e. The maximum absolute atomic E-state index is 12.5. The molecule has 0 bridgehead atoms. The topological polar surface area (TPSA) is 69.6 Å². The Balaban J connectivity index is 1.79. The van der Waals surface area contributed by atoms with Crippen molar-refractivity contribution < 1.29 is 14.7 Å². The number of amides is 2. The number of piperidine rings is 1. The number of rotatable bonds is 7. The lowest BCUT2D eigenvalue weighted by molar-refractivity contribution is -0.137. The second-order valence-electron chi connectivity index (χ2n) is 8.22. The third-order valence-electron chi connectivity index (χ3n) is 5.48. The van der Waals surface area contributed by atoms with Crippen molar-refractivity contribution in [3.05, 3.63) is 0 Å². The molecular formula is C19H34N2O3. The van der Waals surface area contributed by atoms with Gasteiger partial charge in [0.05, 0.1) is 6.61 Å². The van der Waals surface area contributed by atoms with E-state index in [1.165, 1.54) is 12.8 Å². The van der Waals surface area contributed by atoms with Crippen molar-refractivity contribution in [2.45, 2.75) is 77.7 Å². The Bertz CT molecular complexity index is 432. The second kappa shape index (κ2) is 8.84. The van der Waals surface area contributed by atoms with Gasteiger partial charge in [-0.2, -0.15) is 0 Å². The molecule has 0 spiro atoms. The highest BCUT2D eigenvalue weighted by molar-refractivity contribution is 5.84. The minimum atomic E-state index is -0.159. The van der Waals surface area contributed by atoms with E-state index < -0.39 is 0 Å². The second-order valence-corrected chi connectivity index (χ2v) is 8.22. The first kappa shape index (κ1) is 19.2. The van der Waals surface area contributed by atoms with Gasteiger partial charge in [0, 0.05) is 37.4 Å². The molecule has 1 heterocycles. The molecule has 0 aromatic heterocycles. The van der Waals surface area contributed by atoms with Crippen molar-refractivity contribution in [3.8, 4) is 0 Å². The highest BCUT2D eigenvalue weighted by Gasteiger charge is 2.37. The number of carbonyl (C=O) groups is 2. The van der Waals surface area contributed by atoms with Gasteiger partial charge in [-0.05, 0) is 38.0 Å². The summed E-state index contributed by atoms with van der Waals surface area (Å²) >= 11 is 0. The van der Waals surface area contributed by atoms with Crippen molar-refractivity contribution in [3.63, 3.8) is 0 Å². The van der Waals surface area contributed by atoms with Gasteiger partial charge in [-0.25, -0.2) is 0 Å². The summed E-state index contributed by atoms with van der Waals surface area (Å²) < 4.78 is 0. The zero-order valence-corrected chi connectivity index (χ0v) is 15.4. The fourth-order valence-corrected chi connectivity index (χ4v) is 4.40. The molecule has 5 heteroatoms. The molecule has 0 radical (unpaired) electrons. The molecular weight excluding hydrogens is 304 g/mol. The van der Waals surface area contributed by atoms with E-state index in [-0.39, 0.29) is 36.7 Å². The molecule has 138 valence electrons. The lowest BCUT2D eigenvalue weighted by Gasteiger charge is -2.43. The zero-order valence-electron chi connectivity index (χ0n) is 15.4. The minimum absolute atomic E-state index is 0.00265. The van der Waals surface area contributed by atoms with E-state index in [0.717, 1.165) is 38.6 Å². The Morgan fingerprint density at radius 3 is 2.54 bits per heavy atom. The molecule has 5 nitrogen and oxygen atoms in total. The van der Waals surface area contributed by atoms with Crippen LogP contribution in [0.3, 0.4) is 0 Å². The molecule has 2 aliphatic rings. The Morgan fingerprint density at radius 2 is 1.92 bits per heavy atom. The summed E-state index contributed by atoms with van der Waals surface area (Å²) in [6.45, 7) is 5.84. The van der Waals surface area contributed by atoms with Crippen molar-refractivity contribution in [2.75, 3.05) is 19.7 Å². The van der Waals surface area contributed by atoms with Gasteiger partial charge in [0.15, 0.2) is 0 Å². The number of aliphatic hydroxyl groups is 1. The normalized spacial score (nSPS) is 25.2. The average Bonchev–Trinajstić information content (AvgIpc) is 3.05. The quantitative estimate of drug-likeness (QED) is 0.749. The summed E-state index contributed by atoms with van der Waals surface area (Å²) in [4.78, 5) is 26.4. The van der Waals surface area contributed by atoms with Crippen LogP contribution in [0.5, 0.6) is 0 Å². The van der Waals surface area contributed by atoms with Crippen molar-refractivity contribution in [1.29, 1.82) is 0 Å². The first-order chi connectivity index (χ1) is 11.4. The largest absolute Gasteiger partial charge is 0.396 e. The van der Waals surface area contributed by atoms with Crippen LogP contribution >= 0.6 is 0 Å². The van der Waals surface area contributed by atoms with Crippen molar-refractivity contribution in [2.24, 2.45) is 11.3 Å². The maximum atomic E-state index is 12.5.